The highest BCUT2D eigenvalue weighted by Gasteiger charge is 2.14. The van der Waals surface area contributed by atoms with E-state index in [1.165, 1.54) is 12.8 Å². The minimum atomic E-state index is 0.461. The van der Waals surface area contributed by atoms with Crippen LogP contribution in [0.3, 0.4) is 0 Å². The molecule has 94 valence electrons. The number of aromatic nitrogens is 1. The van der Waals surface area contributed by atoms with Crippen LogP contribution in [0, 0.1) is 0 Å². The second-order valence-electron chi connectivity index (χ2n) is 4.72. The number of hydrogen-bond acceptors (Lipinski definition) is 3. The number of nitrogens with one attached hydrogen (secondary N) is 2. The molecule has 3 nitrogen and oxygen atoms in total. The van der Waals surface area contributed by atoms with Gasteiger partial charge >= 0.3 is 0 Å². The van der Waals surface area contributed by atoms with Crippen LogP contribution in [0.1, 0.15) is 12.8 Å². The molecule has 2 aromatic rings. The minimum Gasteiger partial charge on any atom is -0.379 e. The largest absolute Gasteiger partial charge is 0.379 e. The van der Waals surface area contributed by atoms with Crippen LogP contribution in [0.15, 0.2) is 30.5 Å². The average molecular weight is 262 g/mol. The first-order chi connectivity index (χ1) is 8.83. The second kappa shape index (κ2) is 5.12. The van der Waals surface area contributed by atoms with Crippen LogP contribution in [-0.4, -0.2) is 24.1 Å². The first kappa shape index (κ1) is 11.8. The molecule has 0 spiro atoms. The van der Waals surface area contributed by atoms with Gasteiger partial charge in [-0.3, -0.25) is 4.98 Å². The van der Waals surface area contributed by atoms with Crippen LogP contribution in [0.25, 0.3) is 10.9 Å². The maximum Gasteiger partial charge on any atom is 0.0934 e. The summed E-state index contributed by atoms with van der Waals surface area (Å²) >= 11 is 6.16. The fraction of sp³-hybridized carbons (Fsp3) is 0.357. The summed E-state index contributed by atoms with van der Waals surface area (Å²) in [5.41, 5.74) is 2.03. The zero-order chi connectivity index (χ0) is 12.4. The fourth-order valence-corrected chi connectivity index (χ4v) is 2.69. The van der Waals surface area contributed by atoms with E-state index in [-0.39, 0.29) is 0 Å². The van der Waals surface area contributed by atoms with Crippen LogP contribution in [-0.2, 0) is 0 Å². The van der Waals surface area contributed by atoms with Crippen LogP contribution < -0.4 is 10.6 Å². The predicted octanol–water partition coefficient (Wildman–Crippen LogP) is 3.05. The normalized spacial score (nSPS) is 19.9. The van der Waals surface area contributed by atoms with Gasteiger partial charge in [0.15, 0.2) is 0 Å². The van der Waals surface area contributed by atoms with Crippen molar-refractivity contribution in [2.75, 3.05) is 18.4 Å². The summed E-state index contributed by atoms with van der Waals surface area (Å²) in [6, 6.07) is 8.35. The highest BCUT2D eigenvalue weighted by atomic mass is 35.5. The Morgan fingerprint density at radius 2 is 2.33 bits per heavy atom. The van der Waals surface area contributed by atoms with E-state index in [0.29, 0.717) is 6.04 Å². The third-order valence-corrected chi connectivity index (χ3v) is 3.54. The van der Waals surface area contributed by atoms with Gasteiger partial charge < -0.3 is 10.6 Å². The molecule has 0 saturated carbocycles. The molecule has 1 fully saturated rings. The smallest absolute Gasteiger partial charge is 0.0934 e. The Morgan fingerprint density at radius 3 is 3.17 bits per heavy atom. The zero-order valence-electron chi connectivity index (χ0n) is 10.1. The molecule has 1 aliphatic rings. The van der Waals surface area contributed by atoms with E-state index in [1.54, 1.807) is 0 Å². The van der Waals surface area contributed by atoms with E-state index in [0.717, 1.165) is 34.7 Å². The third-order valence-electron chi connectivity index (χ3n) is 3.33. The lowest BCUT2D eigenvalue weighted by atomic mass is 10.1. The summed E-state index contributed by atoms with van der Waals surface area (Å²) in [5.74, 6) is 0. The first-order valence-electron chi connectivity index (χ1n) is 6.34. The summed E-state index contributed by atoms with van der Waals surface area (Å²) in [7, 11) is 0. The van der Waals surface area contributed by atoms with Crippen molar-refractivity contribution in [1.82, 2.24) is 10.3 Å². The molecule has 1 aromatic carbocycles. The van der Waals surface area contributed by atoms with Gasteiger partial charge in [0.1, 0.15) is 0 Å². The summed E-state index contributed by atoms with van der Waals surface area (Å²) in [4.78, 5) is 4.45. The molecule has 0 aliphatic carbocycles. The maximum absolute atomic E-state index is 6.16. The van der Waals surface area contributed by atoms with Gasteiger partial charge in [-0.25, -0.2) is 0 Å². The molecule has 4 heteroatoms. The maximum atomic E-state index is 6.16. The van der Waals surface area contributed by atoms with E-state index in [1.807, 2.05) is 30.5 Å². The number of halogens is 1. The van der Waals surface area contributed by atoms with Crippen LogP contribution in [0.4, 0.5) is 5.69 Å². The second-order valence-corrected chi connectivity index (χ2v) is 5.15. The molecule has 1 saturated heterocycles. The predicted molar refractivity (Wildman–Crippen MR) is 76.3 cm³/mol. The summed E-state index contributed by atoms with van der Waals surface area (Å²) in [5, 5.41) is 8.79. The summed E-state index contributed by atoms with van der Waals surface area (Å²) < 4.78 is 0. The summed E-state index contributed by atoms with van der Waals surface area (Å²) in [6.45, 7) is 2.12. The van der Waals surface area contributed by atoms with Gasteiger partial charge in [0, 0.05) is 29.2 Å². The van der Waals surface area contributed by atoms with E-state index in [9.17, 15) is 0 Å². The minimum absolute atomic E-state index is 0.461. The number of rotatable bonds is 2. The molecule has 1 atom stereocenters. The lowest BCUT2D eigenvalue weighted by Gasteiger charge is -2.25. The molecule has 2 heterocycles. The van der Waals surface area contributed by atoms with Gasteiger partial charge in [0.05, 0.1) is 11.2 Å². The Balaban J connectivity index is 1.94. The Labute approximate surface area is 112 Å². The lowest BCUT2D eigenvalue weighted by molar-refractivity contribution is 0.480. The van der Waals surface area contributed by atoms with Crippen LogP contribution >= 0.6 is 11.6 Å². The molecular weight excluding hydrogens is 246 g/mol. The lowest BCUT2D eigenvalue weighted by Crippen LogP contribution is -2.38. The number of anilines is 1. The number of nitrogens with zero attached hydrogens (tertiary/aromatic N) is 1. The van der Waals surface area contributed by atoms with Crippen molar-refractivity contribution in [2.45, 2.75) is 18.9 Å². The average Bonchev–Trinajstić information content (AvgIpc) is 2.40. The van der Waals surface area contributed by atoms with Gasteiger partial charge in [-0.05, 0) is 37.6 Å². The topological polar surface area (TPSA) is 37.0 Å². The molecular formula is C14H16ClN3. The molecule has 1 aliphatic heterocycles. The van der Waals surface area contributed by atoms with Gasteiger partial charge in [0.25, 0.3) is 0 Å². The molecule has 2 N–H and O–H groups in total. The molecule has 0 amide bonds. The van der Waals surface area contributed by atoms with Gasteiger partial charge in [-0.2, -0.15) is 0 Å². The van der Waals surface area contributed by atoms with E-state index < -0.39 is 0 Å². The number of fused-ring (bicyclic) bond motifs is 1. The molecule has 3 rings (SSSR count). The van der Waals surface area contributed by atoms with E-state index in [4.69, 9.17) is 11.6 Å². The molecule has 18 heavy (non-hydrogen) atoms. The van der Waals surface area contributed by atoms with Gasteiger partial charge in [0.2, 0.25) is 0 Å². The Kier molecular flexibility index (Phi) is 3.35. The Hall–Kier alpha value is -1.32. The van der Waals surface area contributed by atoms with Crippen LogP contribution in [0.5, 0.6) is 0 Å². The Bertz CT molecular complexity index is 550. The number of hydrogen-bond donors (Lipinski definition) is 2. The Morgan fingerprint density at radius 1 is 1.39 bits per heavy atom. The van der Waals surface area contributed by atoms with Crippen molar-refractivity contribution in [1.29, 1.82) is 0 Å². The number of benzene rings is 1. The van der Waals surface area contributed by atoms with E-state index >= 15 is 0 Å². The monoisotopic (exact) mass is 261 g/mol. The molecule has 0 bridgehead atoms. The molecule has 1 aromatic heterocycles. The first-order valence-corrected chi connectivity index (χ1v) is 6.72. The molecule has 0 radical (unpaired) electrons. The fourth-order valence-electron chi connectivity index (χ4n) is 2.46. The van der Waals surface area contributed by atoms with Crippen molar-refractivity contribution in [2.24, 2.45) is 0 Å². The summed E-state index contributed by atoms with van der Waals surface area (Å²) in [6.07, 6.45) is 4.22. The van der Waals surface area contributed by atoms with Crippen molar-refractivity contribution in [3.8, 4) is 0 Å². The van der Waals surface area contributed by atoms with Crippen molar-refractivity contribution in [3.05, 3.63) is 35.5 Å². The van der Waals surface area contributed by atoms with E-state index in [2.05, 4.69) is 15.6 Å². The zero-order valence-corrected chi connectivity index (χ0v) is 10.9. The van der Waals surface area contributed by atoms with Crippen molar-refractivity contribution < 1.29 is 0 Å². The quantitative estimate of drug-likeness (QED) is 0.873. The molecule has 1 unspecified atom stereocenters. The highest BCUT2D eigenvalue weighted by molar-refractivity contribution is 6.31. The SMILES string of the molecule is Clc1cc(NC2CCCNC2)c2ncccc2c1. The van der Waals surface area contributed by atoms with Crippen molar-refractivity contribution in [3.63, 3.8) is 0 Å². The van der Waals surface area contributed by atoms with Gasteiger partial charge in [-0.15, -0.1) is 0 Å². The third kappa shape index (κ3) is 2.42. The van der Waals surface area contributed by atoms with Crippen LogP contribution in [0.2, 0.25) is 5.02 Å². The standard InChI is InChI=1S/C14H16ClN3/c15-11-7-10-3-1-6-17-14(10)13(8-11)18-12-4-2-5-16-9-12/h1,3,6-8,12,16,18H,2,4-5,9H2. The number of piperidine rings is 1. The van der Waals surface area contributed by atoms with Gasteiger partial charge in [-0.1, -0.05) is 17.7 Å². The highest BCUT2D eigenvalue weighted by Crippen LogP contribution is 2.27. The number of pyridine rings is 1. The van der Waals surface area contributed by atoms with Crippen molar-refractivity contribution >= 4 is 28.2 Å².